The van der Waals surface area contributed by atoms with E-state index in [9.17, 15) is 19.5 Å². The van der Waals surface area contributed by atoms with Crippen LogP contribution in [0.15, 0.2) is 85.1 Å². The van der Waals surface area contributed by atoms with Gasteiger partial charge in [0.15, 0.2) is 6.10 Å². The maximum Gasteiger partial charge on any atom is 0.306 e. The van der Waals surface area contributed by atoms with Crippen molar-refractivity contribution in [1.29, 1.82) is 0 Å². The molecule has 0 spiro atoms. The minimum Gasteiger partial charge on any atom is -0.544 e. The summed E-state index contributed by atoms with van der Waals surface area (Å²) in [6.07, 6.45) is 46.4. The molecule has 0 aromatic carbocycles. The van der Waals surface area contributed by atoms with Gasteiger partial charge in [0.05, 0.1) is 40.3 Å². The number of rotatable bonds is 35. The summed E-state index contributed by atoms with van der Waals surface area (Å²) >= 11 is 0. The molecule has 0 aromatic heterocycles. The summed E-state index contributed by atoms with van der Waals surface area (Å²) in [5, 5.41) is 11.6. The Balaban J connectivity index is 4.36. The van der Waals surface area contributed by atoms with Crippen LogP contribution in [0, 0.1) is 0 Å². The molecular formula is C46H75NO7. The number of allylic oxidation sites excluding steroid dienone is 14. The van der Waals surface area contributed by atoms with Crippen molar-refractivity contribution in [2.75, 3.05) is 41.0 Å². The zero-order valence-corrected chi connectivity index (χ0v) is 34.6. The lowest BCUT2D eigenvalue weighted by Gasteiger charge is -2.34. The SMILES string of the molecule is CC/C=C/C/C=C/C/C=C/C/C=C/C/C=C/C/C=C/C/C=C/CCCC(=O)OCC(COCCC(C(=O)[O-])[N+](C)(C)C)OC(=O)CCCCCCCCC. The molecule has 0 fully saturated rings. The van der Waals surface area contributed by atoms with Crippen LogP contribution in [0.1, 0.15) is 136 Å². The van der Waals surface area contributed by atoms with Gasteiger partial charge in [0, 0.05) is 19.3 Å². The van der Waals surface area contributed by atoms with E-state index >= 15 is 0 Å². The Hall–Kier alpha value is -3.49. The highest BCUT2D eigenvalue weighted by Crippen LogP contribution is 2.11. The monoisotopic (exact) mass is 754 g/mol. The first kappa shape index (κ1) is 50.5. The third-order valence-electron chi connectivity index (χ3n) is 8.55. The zero-order chi connectivity index (χ0) is 40.0. The van der Waals surface area contributed by atoms with Crippen LogP contribution in [0.25, 0.3) is 0 Å². The lowest BCUT2D eigenvalue weighted by molar-refractivity contribution is -0.889. The molecule has 8 nitrogen and oxygen atoms in total. The van der Waals surface area contributed by atoms with Crippen LogP contribution in [0.4, 0.5) is 0 Å². The van der Waals surface area contributed by atoms with Crippen molar-refractivity contribution in [1.82, 2.24) is 0 Å². The number of nitrogens with zero attached hydrogens (tertiary/aromatic N) is 1. The number of carboxylic acid groups (broad SMARTS) is 1. The molecule has 0 amide bonds. The van der Waals surface area contributed by atoms with E-state index in [-0.39, 0.29) is 49.1 Å². The van der Waals surface area contributed by atoms with E-state index in [1.165, 1.54) is 25.7 Å². The number of carboxylic acids is 1. The summed E-state index contributed by atoms with van der Waals surface area (Å²) in [5.41, 5.74) is 0. The minimum absolute atomic E-state index is 0.0181. The molecule has 0 bridgehead atoms. The van der Waals surface area contributed by atoms with Crippen molar-refractivity contribution in [2.24, 2.45) is 0 Å². The van der Waals surface area contributed by atoms with Gasteiger partial charge in [0.25, 0.3) is 0 Å². The van der Waals surface area contributed by atoms with Gasteiger partial charge in [-0.1, -0.05) is 137 Å². The first-order valence-electron chi connectivity index (χ1n) is 20.6. The number of quaternary nitrogens is 1. The Morgan fingerprint density at radius 3 is 1.52 bits per heavy atom. The fraction of sp³-hybridized carbons (Fsp3) is 0.630. The largest absolute Gasteiger partial charge is 0.544 e. The second-order valence-electron chi connectivity index (χ2n) is 14.5. The van der Waals surface area contributed by atoms with E-state index in [0.717, 1.165) is 70.6 Å². The van der Waals surface area contributed by atoms with Crippen LogP contribution in [-0.2, 0) is 28.6 Å². The Morgan fingerprint density at radius 1 is 0.574 bits per heavy atom. The fourth-order valence-corrected chi connectivity index (χ4v) is 5.35. The predicted molar refractivity (Wildman–Crippen MR) is 222 cm³/mol. The highest BCUT2D eigenvalue weighted by molar-refractivity contribution is 5.70. The molecule has 8 heteroatoms. The molecule has 0 aliphatic heterocycles. The van der Waals surface area contributed by atoms with Crippen LogP contribution in [-0.4, -0.2) is 75.5 Å². The molecule has 0 rings (SSSR count). The normalized spacial score (nSPS) is 13.9. The first-order valence-corrected chi connectivity index (χ1v) is 20.6. The number of carbonyl (C=O) groups excluding carboxylic acids is 3. The van der Waals surface area contributed by atoms with Gasteiger partial charge in [-0.25, -0.2) is 0 Å². The average molecular weight is 754 g/mol. The predicted octanol–water partition coefficient (Wildman–Crippen LogP) is 9.63. The number of aliphatic carboxylic acids is 1. The molecule has 0 saturated heterocycles. The number of carbonyl (C=O) groups is 3. The molecular weight excluding hydrogens is 679 g/mol. The van der Waals surface area contributed by atoms with Crippen LogP contribution in [0.5, 0.6) is 0 Å². The number of ether oxygens (including phenoxy) is 3. The molecule has 0 aromatic rings. The summed E-state index contributed by atoms with van der Waals surface area (Å²) in [5.74, 6) is -1.83. The summed E-state index contributed by atoms with van der Waals surface area (Å²) in [6.45, 7) is 4.41. The van der Waals surface area contributed by atoms with E-state index in [2.05, 4.69) is 98.9 Å². The topological polar surface area (TPSA) is 102 Å². The van der Waals surface area contributed by atoms with Gasteiger partial charge >= 0.3 is 11.9 Å². The number of esters is 2. The quantitative estimate of drug-likeness (QED) is 0.0275. The van der Waals surface area contributed by atoms with Crippen LogP contribution < -0.4 is 5.11 Å². The maximum atomic E-state index is 12.6. The second kappa shape index (κ2) is 36.5. The molecule has 0 radical (unpaired) electrons. The smallest absolute Gasteiger partial charge is 0.306 e. The van der Waals surface area contributed by atoms with E-state index in [4.69, 9.17) is 14.2 Å². The van der Waals surface area contributed by atoms with Gasteiger partial charge in [-0.05, 0) is 64.2 Å². The van der Waals surface area contributed by atoms with E-state index in [0.29, 0.717) is 12.8 Å². The van der Waals surface area contributed by atoms with Crippen LogP contribution >= 0.6 is 0 Å². The summed E-state index contributed by atoms with van der Waals surface area (Å²) < 4.78 is 17.0. The Morgan fingerprint density at radius 2 is 1.04 bits per heavy atom. The van der Waals surface area contributed by atoms with Crippen molar-refractivity contribution in [3.05, 3.63) is 85.1 Å². The zero-order valence-electron chi connectivity index (χ0n) is 34.6. The first-order chi connectivity index (χ1) is 26.1. The van der Waals surface area contributed by atoms with Crippen molar-refractivity contribution in [3.8, 4) is 0 Å². The molecule has 0 heterocycles. The molecule has 54 heavy (non-hydrogen) atoms. The fourth-order valence-electron chi connectivity index (χ4n) is 5.35. The summed E-state index contributed by atoms with van der Waals surface area (Å²) in [6, 6.07) is -0.735. The third-order valence-corrected chi connectivity index (χ3v) is 8.55. The standard InChI is InChI=1S/C46H75NO7/c1-6-8-10-12-14-15-16-17-18-19-20-21-22-23-24-25-26-27-28-29-31-32-34-36-44(48)53-41-42(40-52-39-38-43(46(50)51)47(3,4)5)54-45(49)37-35-33-30-13-11-9-7-2/h8,10,14-15,17-18,20-21,23-24,26-27,29,31,42-43H,6-7,9,11-13,16,19,22,25,28,30,32-41H2,1-5H3/b10-8+,15-14+,18-17+,21-20+,24-23+,27-26+,31-29+. The number of hydrogen-bond donors (Lipinski definition) is 0. The summed E-state index contributed by atoms with van der Waals surface area (Å²) in [4.78, 5) is 36.6. The lowest BCUT2D eigenvalue weighted by atomic mass is 10.1. The Bertz CT molecular complexity index is 1160. The molecule has 2 atom stereocenters. The Kier molecular flexibility index (Phi) is 34.1. The van der Waals surface area contributed by atoms with Gasteiger partial charge in [0.2, 0.25) is 0 Å². The highest BCUT2D eigenvalue weighted by atomic mass is 16.6. The molecule has 2 unspecified atom stereocenters. The minimum atomic E-state index is -1.14. The van der Waals surface area contributed by atoms with Gasteiger partial charge in [-0.3, -0.25) is 9.59 Å². The molecule has 0 N–H and O–H groups in total. The number of unbranched alkanes of at least 4 members (excludes halogenated alkanes) is 7. The Labute approximate surface area is 329 Å². The number of likely N-dealkylation sites (N-methyl/N-ethyl adjacent to an activating group) is 1. The van der Waals surface area contributed by atoms with Gasteiger partial charge in [-0.15, -0.1) is 0 Å². The lowest BCUT2D eigenvalue weighted by Crippen LogP contribution is -2.55. The van der Waals surface area contributed by atoms with E-state index in [1.54, 1.807) is 21.1 Å². The third kappa shape index (κ3) is 34.3. The molecule has 0 saturated carbocycles. The average Bonchev–Trinajstić information content (AvgIpc) is 3.12. The molecule has 306 valence electrons. The molecule has 0 aliphatic carbocycles. The van der Waals surface area contributed by atoms with Crippen LogP contribution in [0.3, 0.4) is 0 Å². The molecule has 0 aliphatic rings. The van der Waals surface area contributed by atoms with Crippen molar-refractivity contribution >= 4 is 17.9 Å². The highest BCUT2D eigenvalue weighted by Gasteiger charge is 2.25. The summed E-state index contributed by atoms with van der Waals surface area (Å²) in [7, 11) is 5.37. The van der Waals surface area contributed by atoms with Crippen molar-refractivity contribution in [2.45, 2.75) is 148 Å². The van der Waals surface area contributed by atoms with Gasteiger partial charge < -0.3 is 28.6 Å². The maximum absolute atomic E-state index is 12.6. The van der Waals surface area contributed by atoms with E-state index < -0.39 is 18.1 Å². The van der Waals surface area contributed by atoms with Crippen molar-refractivity contribution in [3.63, 3.8) is 0 Å². The van der Waals surface area contributed by atoms with Gasteiger partial charge in [-0.2, -0.15) is 0 Å². The number of hydrogen-bond acceptors (Lipinski definition) is 7. The second-order valence-corrected chi connectivity index (χ2v) is 14.5. The van der Waals surface area contributed by atoms with Crippen molar-refractivity contribution < 1.29 is 38.2 Å². The van der Waals surface area contributed by atoms with Gasteiger partial charge in [0.1, 0.15) is 12.6 Å². The van der Waals surface area contributed by atoms with E-state index in [1.807, 2.05) is 0 Å². The van der Waals surface area contributed by atoms with Crippen LogP contribution in [0.2, 0.25) is 0 Å².